The number of carbonyl (C=O) groups excluding carboxylic acids is 1. The van der Waals surface area contributed by atoms with Gasteiger partial charge in [-0.3, -0.25) is 4.79 Å². The SMILES string of the molecule is Cc1cccc(CNC(=O)CCCCCNS(=O)(=O)c2ccc3c(c2)OCCO3)c1. The maximum atomic E-state index is 12.4. The lowest BCUT2D eigenvalue weighted by atomic mass is 10.1. The first kappa shape index (κ1) is 22.1. The van der Waals surface area contributed by atoms with Gasteiger partial charge >= 0.3 is 0 Å². The first-order chi connectivity index (χ1) is 14.4. The van der Waals surface area contributed by atoms with Crippen molar-refractivity contribution in [1.82, 2.24) is 10.0 Å². The van der Waals surface area contributed by atoms with Crippen LogP contribution in [0.25, 0.3) is 0 Å². The number of sulfonamides is 1. The van der Waals surface area contributed by atoms with E-state index in [4.69, 9.17) is 9.47 Å². The van der Waals surface area contributed by atoms with Crippen molar-refractivity contribution < 1.29 is 22.7 Å². The Kier molecular flexibility index (Phi) is 7.70. The van der Waals surface area contributed by atoms with E-state index in [0.29, 0.717) is 57.1 Å². The van der Waals surface area contributed by atoms with Gasteiger partial charge in [0.15, 0.2) is 11.5 Å². The van der Waals surface area contributed by atoms with Gasteiger partial charge in [0.2, 0.25) is 15.9 Å². The van der Waals surface area contributed by atoms with Gasteiger partial charge in [-0.25, -0.2) is 13.1 Å². The Labute approximate surface area is 177 Å². The predicted octanol–water partition coefficient (Wildman–Crippen LogP) is 2.92. The molecule has 1 amide bonds. The maximum absolute atomic E-state index is 12.4. The van der Waals surface area contributed by atoms with Crippen LogP contribution in [-0.4, -0.2) is 34.1 Å². The van der Waals surface area contributed by atoms with E-state index in [1.807, 2.05) is 31.2 Å². The van der Waals surface area contributed by atoms with E-state index in [0.717, 1.165) is 12.0 Å². The van der Waals surface area contributed by atoms with E-state index < -0.39 is 10.0 Å². The van der Waals surface area contributed by atoms with E-state index in [9.17, 15) is 13.2 Å². The molecule has 0 atom stereocenters. The highest BCUT2D eigenvalue weighted by molar-refractivity contribution is 7.89. The highest BCUT2D eigenvalue weighted by Crippen LogP contribution is 2.32. The molecule has 2 aromatic carbocycles. The fraction of sp³-hybridized carbons (Fsp3) is 0.409. The van der Waals surface area contributed by atoms with Crippen molar-refractivity contribution in [3.8, 4) is 11.5 Å². The number of fused-ring (bicyclic) bond motifs is 1. The van der Waals surface area contributed by atoms with E-state index in [1.54, 1.807) is 6.07 Å². The van der Waals surface area contributed by atoms with Crippen LogP contribution in [0.1, 0.15) is 36.8 Å². The molecule has 0 saturated carbocycles. The van der Waals surface area contributed by atoms with Gasteiger partial charge in [0, 0.05) is 25.6 Å². The number of ether oxygens (including phenoxy) is 2. The number of nitrogens with one attached hydrogen (secondary N) is 2. The number of unbranched alkanes of at least 4 members (excludes halogenated alkanes) is 2. The zero-order chi connectivity index (χ0) is 21.4. The van der Waals surface area contributed by atoms with Crippen LogP contribution in [0.15, 0.2) is 47.4 Å². The Bertz CT molecular complexity index is 975. The predicted molar refractivity (Wildman–Crippen MR) is 114 cm³/mol. The molecule has 0 aromatic heterocycles. The van der Waals surface area contributed by atoms with E-state index >= 15 is 0 Å². The van der Waals surface area contributed by atoms with Gasteiger partial charge in [-0.1, -0.05) is 36.2 Å². The van der Waals surface area contributed by atoms with Crippen molar-refractivity contribution in [3.05, 3.63) is 53.6 Å². The number of amides is 1. The van der Waals surface area contributed by atoms with Crippen molar-refractivity contribution >= 4 is 15.9 Å². The molecule has 162 valence electrons. The van der Waals surface area contributed by atoms with Crippen LogP contribution in [0, 0.1) is 6.92 Å². The minimum absolute atomic E-state index is 0.00775. The second-order valence-corrected chi connectivity index (χ2v) is 9.05. The largest absolute Gasteiger partial charge is 0.486 e. The number of benzene rings is 2. The minimum Gasteiger partial charge on any atom is -0.486 e. The summed E-state index contributed by atoms with van der Waals surface area (Å²) in [6, 6.07) is 12.6. The van der Waals surface area contributed by atoms with Gasteiger partial charge in [-0.05, 0) is 37.5 Å². The highest BCUT2D eigenvalue weighted by atomic mass is 32.2. The molecule has 1 aliphatic heterocycles. The van der Waals surface area contributed by atoms with Gasteiger partial charge in [0.1, 0.15) is 13.2 Å². The molecule has 1 aliphatic rings. The minimum atomic E-state index is -3.60. The second-order valence-electron chi connectivity index (χ2n) is 7.28. The molecule has 0 saturated heterocycles. The zero-order valence-electron chi connectivity index (χ0n) is 17.1. The van der Waals surface area contributed by atoms with Crippen molar-refractivity contribution in [2.75, 3.05) is 19.8 Å². The molecule has 2 aromatic rings. The topological polar surface area (TPSA) is 93.7 Å². The average Bonchev–Trinajstić information content (AvgIpc) is 2.74. The summed E-state index contributed by atoms with van der Waals surface area (Å²) in [5, 5.41) is 2.92. The average molecular weight is 433 g/mol. The van der Waals surface area contributed by atoms with Crippen LogP contribution in [0.3, 0.4) is 0 Å². The van der Waals surface area contributed by atoms with Crippen molar-refractivity contribution in [1.29, 1.82) is 0 Å². The Balaban J connectivity index is 1.33. The van der Waals surface area contributed by atoms with Gasteiger partial charge in [-0.2, -0.15) is 0 Å². The molecule has 0 spiro atoms. The number of hydrogen-bond donors (Lipinski definition) is 2. The van der Waals surface area contributed by atoms with Crippen LogP contribution in [0.5, 0.6) is 11.5 Å². The Morgan fingerprint density at radius 1 is 1.00 bits per heavy atom. The standard InChI is InChI=1S/C22H28N2O5S/c1-17-6-5-7-18(14-17)16-23-22(25)8-3-2-4-11-24-30(26,27)19-9-10-20-21(15-19)29-13-12-28-20/h5-7,9-10,14-15,24H,2-4,8,11-13,16H2,1H3,(H,23,25). The fourth-order valence-corrected chi connectivity index (χ4v) is 4.27. The monoisotopic (exact) mass is 432 g/mol. The zero-order valence-corrected chi connectivity index (χ0v) is 18.0. The van der Waals surface area contributed by atoms with Crippen LogP contribution in [0.4, 0.5) is 0 Å². The van der Waals surface area contributed by atoms with Crippen molar-refractivity contribution in [3.63, 3.8) is 0 Å². The van der Waals surface area contributed by atoms with Gasteiger partial charge < -0.3 is 14.8 Å². The molecule has 2 N–H and O–H groups in total. The number of aryl methyl sites for hydroxylation is 1. The molecular weight excluding hydrogens is 404 g/mol. The Morgan fingerprint density at radius 2 is 1.80 bits per heavy atom. The first-order valence-corrected chi connectivity index (χ1v) is 11.6. The van der Waals surface area contributed by atoms with Crippen molar-refractivity contribution in [2.24, 2.45) is 0 Å². The molecule has 0 bridgehead atoms. The third-order valence-corrected chi connectivity index (χ3v) is 6.23. The van der Waals surface area contributed by atoms with Gasteiger partial charge in [0.25, 0.3) is 0 Å². The normalized spacial score (nSPS) is 13.1. The number of hydrogen-bond acceptors (Lipinski definition) is 5. The summed E-state index contributed by atoms with van der Waals surface area (Å²) in [4.78, 5) is 12.1. The van der Waals surface area contributed by atoms with Gasteiger partial charge in [-0.15, -0.1) is 0 Å². The quantitative estimate of drug-likeness (QED) is 0.563. The lowest BCUT2D eigenvalue weighted by Gasteiger charge is -2.18. The molecule has 3 rings (SSSR count). The summed E-state index contributed by atoms with van der Waals surface area (Å²) >= 11 is 0. The van der Waals surface area contributed by atoms with Crippen LogP contribution < -0.4 is 19.5 Å². The summed E-state index contributed by atoms with van der Waals surface area (Å²) in [5.74, 6) is 1.01. The summed E-state index contributed by atoms with van der Waals surface area (Å²) in [7, 11) is -3.60. The fourth-order valence-electron chi connectivity index (χ4n) is 3.18. The second kappa shape index (κ2) is 10.4. The first-order valence-electron chi connectivity index (χ1n) is 10.2. The molecule has 0 unspecified atom stereocenters. The molecule has 30 heavy (non-hydrogen) atoms. The van der Waals surface area contributed by atoms with E-state index in [-0.39, 0.29) is 10.8 Å². The smallest absolute Gasteiger partial charge is 0.240 e. The molecule has 8 heteroatoms. The molecule has 1 heterocycles. The summed E-state index contributed by atoms with van der Waals surface area (Å²) in [6.45, 7) is 3.73. The van der Waals surface area contributed by atoms with Crippen molar-refractivity contribution in [2.45, 2.75) is 44.0 Å². The van der Waals surface area contributed by atoms with Crippen LogP contribution >= 0.6 is 0 Å². The maximum Gasteiger partial charge on any atom is 0.240 e. The van der Waals surface area contributed by atoms with Crippen LogP contribution in [-0.2, 0) is 21.4 Å². The molecular formula is C22H28N2O5S. The summed E-state index contributed by atoms with van der Waals surface area (Å²) in [6.07, 6.45) is 2.57. The van der Waals surface area contributed by atoms with Crippen LogP contribution in [0.2, 0.25) is 0 Å². The molecule has 0 aliphatic carbocycles. The third kappa shape index (κ3) is 6.47. The lowest BCUT2D eigenvalue weighted by Crippen LogP contribution is -2.25. The highest BCUT2D eigenvalue weighted by Gasteiger charge is 2.18. The molecule has 0 fully saturated rings. The van der Waals surface area contributed by atoms with E-state index in [1.165, 1.54) is 17.7 Å². The number of carbonyl (C=O) groups is 1. The lowest BCUT2D eigenvalue weighted by molar-refractivity contribution is -0.121. The number of rotatable bonds is 10. The molecule has 0 radical (unpaired) electrons. The Hall–Kier alpha value is -2.58. The third-order valence-electron chi connectivity index (χ3n) is 4.77. The summed E-state index contributed by atoms with van der Waals surface area (Å²) in [5.41, 5.74) is 2.25. The van der Waals surface area contributed by atoms with Gasteiger partial charge in [0.05, 0.1) is 4.90 Å². The van der Waals surface area contributed by atoms with E-state index in [2.05, 4.69) is 10.0 Å². The molecule has 7 nitrogen and oxygen atoms in total. The Morgan fingerprint density at radius 3 is 2.60 bits per heavy atom. The summed E-state index contributed by atoms with van der Waals surface area (Å²) < 4.78 is 38.3.